The molecule has 0 radical (unpaired) electrons. The van der Waals surface area contributed by atoms with Gasteiger partial charge in [-0.15, -0.1) is 0 Å². The van der Waals surface area contributed by atoms with Crippen molar-refractivity contribution in [2.75, 3.05) is 51.3 Å². The van der Waals surface area contributed by atoms with Crippen LogP contribution in [0.5, 0.6) is 0 Å². The fraction of sp³-hybridized carbons (Fsp3) is 0.438. The number of allylic oxidation sites excluding steroid dienone is 1. The summed E-state index contributed by atoms with van der Waals surface area (Å²) in [6.07, 6.45) is 0.851. The largest absolute Gasteiger partial charge is 0.514 e. The van der Waals surface area contributed by atoms with Crippen LogP contribution in [0.3, 0.4) is 0 Å². The number of anilines is 1. The van der Waals surface area contributed by atoms with Crippen LogP contribution in [0.2, 0.25) is 0 Å². The van der Waals surface area contributed by atoms with Gasteiger partial charge in [0.1, 0.15) is 6.07 Å². The minimum Gasteiger partial charge on any atom is -0.514 e. The number of hydrogen-bond donors (Lipinski definition) is 1. The summed E-state index contributed by atoms with van der Waals surface area (Å²) in [4.78, 5) is 4.73. The Labute approximate surface area is 125 Å². The molecule has 0 aliphatic carbocycles. The van der Waals surface area contributed by atoms with Crippen LogP contribution in [0, 0.1) is 11.3 Å². The molecule has 1 aromatic carbocycles. The molecule has 1 aliphatic rings. The summed E-state index contributed by atoms with van der Waals surface area (Å²) in [6, 6.07) is 9.72. The van der Waals surface area contributed by atoms with E-state index in [9.17, 15) is 0 Å². The SMILES string of the molecule is COCCN1CCN(c2ccc(C(C#N)=CO)cc2)CC1. The average molecular weight is 287 g/mol. The van der Waals surface area contributed by atoms with Gasteiger partial charge in [-0.1, -0.05) is 12.1 Å². The van der Waals surface area contributed by atoms with Crippen molar-refractivity contribution in [2.45, 2.75) is 0 Å². The van der Waals surface area contributed by atoms with Gasteiger partial charge in [0.2, 0.25) is 0 Å². The fourth-order valence-corrected chi connectivity index (χ4v) is 2.47. The van der Waals surface area contributed by atoms with E-state index < -0.39 is 0 Å². The van der Waals surface area contributed by atoms with Crippen LogP contribution < -0.4 is 4.90 Å². The molecule has 21 heavy (non-hydrogen) atoms. The molecule has 0 atom stereocenters. The standard InChI is InChI=1S/C16H21N3O2/c1-21-11-10-18-6-8-19(9-7-18)16-4-2-14(3-5-16)15(12-17)13-20/h2-5,13,20H,6-11H2,1H3. The molecule has 1 N–H and O–H groups in total. The van der Waals surface area contributed by atoms with Crippen molar-refractivity contribution >= 4 is 11.3 Å². The number of rotatable bonds is 5. The Morgan fingerprint density at radius 1 is 1.29 bits per heavy atom. The predicted octanol–water partition coefficient (Wildman–Crippen LogP) is 1.88. The molecular weight excluding hydrogens is 266 g/mol. The molecule has 1 saturated heterocycles. The van der Waals surface area contributed by atoms with Gasteiger partial charge in [0.25, 0.3) is 0 Å². The molecule has 0 bridgehead atoms. The topological polar surface area (TPSA) is 59.7 Å². The van der Waals surface area contributed by atoms with Crippen LogP contribution in [0.1, 0.15) is 5.56 Å². The van der Waals surface area contributed by atoms with E-state index in [4.69, 9.17) is 15.1 Å². The maximum atomic E-state index is 8.99. The summed E-state index contributed by atoms with van der Waals surface area (Å²) >= 11 is 0. The lowest BCUT2D eigenvalue weighted by Crippen LogP contribution is -2.47. The lowest BCUT2D eigenvalue weighted by molar-refractivity contribution is 0.144. The van der Waals surface area contributed by atoms with Crippen molar-refractivity contribution in [2.24, 2.45) is 0 Å². The van der Waals surface area contributed by atoms with Crippen molar-refractivity contribution in [3.63, 3.8) is 0 Å². The summed E-state index contributed by atoms with van der Waals surface area (Å²) in [5.41, 5.74) is 2.17. The van der Waals surface area contributed by atoms with Crippen LogP contribution in [0.25, 0.3) is 5.57 Å². The normalized spacial score (nSPS) is 16.8. The molecule has 0 aromatic heterocycles. The molecule has 1 aromatic rings. The van der Waals surface area contributed by atoms with Crippen LogP contribution in [0.15, 0.2) is 30.5 Å². The van der Waals surface area contributed by atoms with Crippen molar-refractivity contribution < 1.29 is 9.84 Å². The minimum atomic E-state index is 0.283. The van der Waals surface area contributed by atoms with Gasteiger partial charge in [0, 0.05) is 45.5 Å². The first kappa shape index (κ1) is 15.4. The molecule has 0 unspecified atom stereocenters. The molecule has 2 rings (SSSR count). The van der Waals surface area contributed by atoms with E-state index >= 15 is 0 Å². The second-order valence-electron chi connectivity index (χ2n) is 5.02. The Morgan fingerprint density at radius 2 is 1.95 bits per heavy atom. The molecule has 0 saturated carbocycles. The summed E-state index contributed by atoms with van der Waals surface area (Å²) in [5, 5.41) is 17.9. The van der Waals surface area contributed by atoms with E-state index in [-0.39, 0.29) is 5.57 Å². The summed E-state index contributed by atoms with van der Waals surface area (Å²) < 4.78 is 5.11. The van der Waals surface area contributed by atoms with E-state index in [1.165, 1.54) is 0 Å². The lowest BCUT2D eigenvalue weighted by atomic mass is 10.1. The average Bonchev–Trinajstić information content (AvgIpc) is 2.55. The minimum absolute atomic E-state index is 0.283. The third kappa shape index (κ3) is 3.97. The number of benzene rings is 1. The Balaban J connectivity index is 1.94. The van der Waals surface area contributed by atoms with Gasteiger partial charge in [0.05, 0.1) is 18.4 Å². The van der Waals surface area contributed by atoms with Crippen molar-refractivity contribution in [1.29, 1.82) is 5.26 Å². The van der Waals surface area contributed by atoms with Crippen molar-refractivity contribution in [1.82, 2.24) is 4.90 Å². The highest BCUT2D eigenvalue weighted by Crippen LogP contribution is 2.20. The van der Waals surface area contributed by atoms with Gasteiger partial charge in [-0.3, -0.25) is 4.90 Å². The molecule has 0 spiro atoms. The van der Waals surface area contributed by atoms with Gasteiger partial charge in [0.15, 0.2) is 0 Å². The van der Waals surface area contributed by atoms with Crippen LogP contribution in [0.4, 0.5) is 5.69 Å². The Hall–Kier alpha value is -2.03. The first-order chi connectivity index (χ1) is 10.3. The number of methoxy groups -OCH3 is 1. The van der Waals surface area contributed by atoms with Gasteiger partial charge in [-0.25, -0.2) is 0 Å². The number of aliphatic hydroxyl groups is 1. The van der Waals surface area contributed by atoms with Gasteiger partial charge >= 0.3 is 0 Å². The number of aliphatic hydroxyl groups excluding tert-OH is 1. The highest BCUT2D eigenvalue weighted by Gasteiger charge is 2.16. The number of piperazine rings is 1. The quantitative estimate of drug-likeness (QED) is 0.662. The highest BCUT2D eigenvalue weighted by molar-refractivity contribution is 5.76. The fourth-order valence-electron chi connectivity index (χ4n) is 2.47. The molecule has 5 heteroatoms. The summed E-state index contributed by atoms with van der Waals surface area (Å²) in [7, 11) is 1.73. The maximum Gasteiger partial charge on any atom is 0.103 e. The molecule has 1 aliphatic heterocycles. The Morgan fingerprint density at radius 3 is 2.48 bits per heavy atom. The molecular formula is C16H21N3O2. The van der Waals surface area contributed by atoms with Crippen LogP contribution >= 0.6 is 0 Å². The van der Waals surface area contributed by atoms with E-state index in [2.05, 4.69) is 9.80 Å². The molecule has 1 fully saturated rings. The first-order valence-corrected chi connectivity index (χ1v) is 7.09. The zero-order valence-corrected chi connectivity index (χ0v) is 12.3. The van der Waals surface area contributed by atoms with Gasteiger partial charge < -0.3 is 14.7 Å². The third-order valence-electron chi connectivity index (χ3n) is 3.78. The molecule has 1 heterocycles. The zero-order chi connectivity index (χ0) is 15.1. The third-order valence-corrected chi connectivity index (χ3v) is 3.78. The molecule has 0 amide bonds. The first-order valence-electron chi connectivity index (χ1n) is 7.09. The monoisotopic (exact) mass is 287 g/mol. The number of nitrogens with zero attached hydrogens (tertiary/aromatic N) is 3. The van der Waals surface area contributed by atoms with E-state index in [0.717, 1.165) is 56.8 Å². The Kier molecular flexibility index (Phi) is 5.61. The zero-order valence-electron chi connectivity index (χ0n) is 12.3. The number of hydrogen-bond acceptors (Lipinski definition) is 5. The predicted molar refractivity (Wildman–Crippen MR) is 83.2 cm³/mol. The number of nitriles is 1. The van der Waals surface area contributed by atoms with Crippen LogP contribution in [-0.4, -0.2) is 56.4 Å². The second kappa shape index (κ2) is 7.67. The molecule has 5 nitrogen and oxygen atoms in total. The van der Waals surface area contributed by atoms with E-state index in [1.807, 2.05) is 30.3 Å². The lowest BCUT2D eigenvalue weighted by Gasteiger charge is -2.36. The molecule has 112 valence electrons. The van der Waals surface area contributed by atoms with E-state index in [0.29, 0.717) is 0 Å². The number of ether oxygens (including phenoxy) is 1. The summed E-state index contributed by atoms with van der Waals surface area (Å²) in [5.74, 6) is 0. The highest BCUT2D eigenvalue weighted by atomic mass is 16.5. The smallest absolute Gasteiger partial charge is 0.103 e. The summed E-state index contributed by atoms with van der Waals surface area (Å²) in [6.45, 7) is 5.81. The van der Waals surface area contributed by atoms with Gasteiger partial charge in [-0.2, -0.15) is 5.26 Å². The maximum absolute atomic E-state index is 8.99. The van der Waals surface area contributed by atoms with Crippen molar-refractivity contribution in [3.8, 4) is 6.07 Å². The Bertz CT molecular complexity index is 511. The second-order valence-corrected chi connectivity index (χ2v) is 5.02. The van der Waals surface area contributed by atoms with Crippen LogP contribution in [-0.2, 0) is 4.74 Å². The van der Waals surface area contributed by atoms with E-state index in [1.54, 1.807) is 7.11 Å². The van der Waals surface area contributed by atoms with Gasteiger partial charge in [-0.05, 0) is 17.7 Å². The van der Waals surface area contributed by atoms with Crippen molar-refractivity contribution in [3.05, 3.63) is 36.1 Å².